The van der Waals surface area contributed by atoms with Crippen LogP contribution < -0.4 is 10.6 Å². The first-order valence-corrected chi connectivity index (χ1v) is 8.24. The molecule has 0 aliphatic rings. The van der Waals surface area contributed by atoms with Gasteiger partial charge >= 0.3 is 5.97 Å². The van der Waals surface area contributed by atoms with Gasteiger partial charge in [0.15, 0.2) is 0 Å². The van der Waals surface area contributed by atoms with Crippen LogP contribution in [0.2, 0.25) is 0 Å². The van der Waals surface area contributed by atoms with Crippen LogP contribution in [0.25, 0.3) is 0 Å². The first kappa shape index (κ1) is 18.5. The summed E-state index contributed by atoms with van der Waals surface area (Å²) in [5.41, 5.74) is 1.10. The second kappa shape index (κ2) is 8.84. The van der Waals surface area contributed by atoms with Crippen molar-refractivity contribution in [2.45, 2.75) is 0 Å². The number of ether oxygens (including phenoxy) is 1. The number of nitrogens with zero attached hydrogens (tertiary/aromatic N) is 1. The van der Waals surface area contributed by atoms with E-state index in [9.17, 15) is 14.9 Å². The molecule has 1 amide bonds. The average Bonchev–Trinajstić information content (AvgIpc) is 2.63. The van der Waals surface area contributed by atoms with Crippen LogP contribution in [-0.2, 0) is 9.53 Å². The number of nitriles is 1. The maximum atomic E-state index is 12.3. The fourth-order valence-corrected chi connectivity index (χ4v) is 2.28. The predicted octanol–water partition coefficient (Wildman–Crippen LogP) is 3.54. The average molecular weight is 447 g/mol. The highest BCUT2D eigenvalue weighted by atomic mass is 127. The molecule has 2 N–H and O–H groups in total. The van der Waals surface area contributed by atoms with Crippen LogP contribution in [0.3, 0.4) is 0 Å². The molecular weight excluding hydrogens is 433 g/mol. The summed E-state index contributed by atoms with van der Waals surface area (Å²) >= 11 is 2.18. The van der Waals surface area contributed by atoms with Gasteiger partial charge in [-0.1, -0.05) is 12.1 Å². The minimum Gasteiger partial charge on any atom is -0.465 e. The Kier molecular flexibility index (Phi) is 6.54. The number of nitrogens with one attached hydrogen (secondary N) is 2. The van der Waals surface area contributed by atoms with Gasteiger partial charge in [0.25, 0.3) is 5.91 Å². The molecule has 0 saturated heterocycles. The third-order valence-electron chi connectivity index (χ3n) is 3.17. The van der Waals surface area contributed by atoms with Crippen LogP contribution >= 0.6 is 22.6 Å². The zero-order valence-corrected chi connectivity index (χ0v) is 15.4. The summed E-state index contributed by atoms with van der Waals surface area (Å²) in [6, 6.07) is 15.7. The van der Waals surface area contributed by atoms with Gasteiger partial charge in [-0.15, -0.1) is 0 Å². The summed E-state index contributed by atoms with van der Waals surface area (Å²) in [5, 5.41) is 14.7. The van der Waals surface area contributed by atoms with E-state index in [0.29, 0.717) is 0 Å². The number of rotatable bonds is 5. The zero-order valence-electron chi connectivity index (χ0n) is 13.2. The lowest BCUT2D eigenvalue weighted by Crippen LogP contribution is -2.17. The van der Waals surface area contributed by atoms with E-state index in [4.69, 9.17) is 0 Å². The minimum atomic E-state index is -0.628. The van der Waals surface area contributed by atoms with Crippen molar-refractivity contribution in [2.75, 3.05) is 17.7 Å². The van der Waals surface area contributed by atoms with Gasteiger partial charge in [-0.3, -0.25) is 4.79 Å². The van der Waals surface area contributed by atoms with Gasteiger partial charge in [0.05, 0.1) is 18.4 Å². The maximum absolute atomic E-state index is 12.3. The number of methoxy groups -OCH3 is 1. The van der Waals surface area contributed by atoms with E-state index in [1.807, 2.05) is 30.3 Å². The zero-order chi connectivity index (χ0) is 18.2. The molecule has 0 aromatic heterocycles. The molecule has 7 heteroatoms. The van der Waals surface area contributed by atoms with Crippen molar-refractivity contribution in [3.63, 3.8) is 0 Å². The van der Waals surface area contributed by atoms with Crippen molar-refractivity contribution in [3.05, 3.63) is 69.4 Å². The van der Waals surface area contributed by atoms with Crippen molar-refractivity contribution >= 4 is 45.8 Å². The van der Waals surface area contributed by atoms with Gasteiger partial charge in [-0.25, -0.2) is 4.79 Å². The Morgan fingerprint density at radius 2 is 1.84 bits per heavy atom. The predicted molar refractivity (Wildman–Crippen MR) is 103 cm³/mol. The van der Waals surface area contributed by atoms with Gasteiger partial charge in [0, 0.05) is 15.5 Å². The molecular formula is C18H14IN3O3. The van der Waals surface area contributed by atoms with Gasteiger partial charge in [-0.05, 0) is 59.0 Å². The van der Waals surface area contributed by atoms with Crippen LogP contribution in [0, 0.1) is 14.9 Å². The molecule has 0 bridgehead atoms. The molecule has 0 unspecified atom stereocenters. The van der Waals surface area contributed by atoms with Crippen molar-refractivity contribution in [2.24, 2.45) is 0 Å². The van der Waals surface area contributed by atoms with E-state index in [2.05, 4.69) is 38.0 Å². The molecule has 2 rings (SSSR count). The fraction of sp³-hybridized carbons (Fsp3) is 0.0556. The first-order chi connectivity index (χ1) is 12.0. The van der Waals surface area contributed by atoms with Crippen molar-refractivity contribution in [1.82, 2.24) is 0 Å². The highest BCUT2D eigenvalue weighted by Gasteiger charge is 2.15. The molecule has 0 spiro atoms. The molecule has 0 heterocycles. The van der Waals surface area contributed by atoms with E-state index >= 15 is 0 Å². The minimum absolute atomic E-state index is 0.127. The largest absolute Gasteiger partial charge is 0.465 e. The lowest BCUT2D eigenvalue weighted by Gasteiger charge is -2.09. The van der Waals surface area contributed by atoms with Gasteiger partial charge < -0.3 is 15.4 Å². The Bertz CT molecular complexity index is 855. The topological polar surface area (TPSA) is 91.2 Å². The third kappa shape index (κ3) is 5.06. The first-order valence-electron chi connectivity index (χ1n) is 7.16. The molecule has 2 aromatic carbocycles. The summed E-state index contributed by atoms with van der Waals surface area (Å²) in [4.78, 5) is 24.0. The molecule has 0 aliphatic carbocycles. The van der Waals surface area contributed by atoms with Crippen LogP contribution in [0.4, 0.5) is 11.4 Å². The fourth-order valence-electron chi connectivity index (χ4n) is 1.92. The number of esters is 1. The third-order valence-corrected chi connectivity index (χ3v) is 3.89. The van der Waals surface area contributed by atoms with Gasteiger partial charge in [-0.2, -0.15) is 5.26 Å². The van der Waals surface area contributed by atoms with Crippen LogP contribution in [0.5, 0.6) is 0 Å². The Hall–Kier alpha value is -2.86. The summed E-state index contributed by atoms with van der Waals surface area (Å²) in [6.07, 6.45) is 1.32. The number of carbonyl (C=O) groups is 2. The summed E-state index contributed by atoms with van der Waals surface area (Å²) < 4.78 is 5.75. The number of carbonyl (C=O) groups excluding carboxylic acids is 2. The molecule has 2 aromatic rings. The number of halogens is 1. The maximum Gasteiger partial charge on any atom is 0.339 e. The van der Waals surface area contributed by atoms with E-state index < -0.39 is 11.9 Å². The Morgan fingerprint density at radius 1 is 1.16 bits per heavy atom. The number of hydrogen-bond donors (Lipinski definition) is 2. The Balaban J connectivity index is 2.15. The van der Waals surface area contributed by atoms with E-state index in [1.54, 1.807) is 18.2 Å². The lowest BCUT2D eigenvalue weighted by atomic mass is 10.1. The number of para-hydroxylation sites is 1. The summed E-state index contributed by atoms with van der Waals surface area (Å²) in [5.74, 6) is -1.20. The molecule has 0 radical (unpaired) electrons. The number of hydrogen-bond acceptors (Lipinski definition) is 5. The van der Waals surface area contributed by atoms with Crippen molar-refractivity contribution in [1.29, 1.82) is 5.26 Å². The smallest absolute Gasteiger partial charge is 0.339 e. The molecule has 0 atom stereocenters. The summed E-state index contributed by atoms with van der Waals surface area (Å²) in [6.45, 7) is 0. The summed E-state index contributed by atoms with van der Waals surface area (Å²) in [7, 11) is 1.26. The van der Waals surface area contributed by atoms with Crippen molar-refractivity contribution in [3.8, 4) is 6.07 Å². The number of benzene rings is 2. The molecule has 126 valence electrons. The van der Waals surface area contributed by atoms with E-state index in [0.717, 1.165) is 9.26 Å². The quantitative estimate of drug-likeness (QED) is 0.317. The normalized spacial score (nSPS) is 10.5. The van der Waals surface area contributed by atoms with Crippen LogP contribution in [-0.4, -0.2) is 19.0 Å². The monoisotopic (exact) mass is 447 g/mol. The molecule has 6 nitrogen and oxygen atoms in total. The molecule has 25 heavy (non-hydrogen) atoms. The number of anilines is 2. The Morgan fingerprint density at radius 3 is 2.48 bits per heavy atom. The standard InChI is InChI=1S/C18H14IN3O3/c1-25-18(24)15-4-2-3-5-16(15)22-17(23)12(10-20)11-21-14-8-6-13(19)7-9-14/h2-9,11,21H,1H3,(H,22,23)/b12-11-. The van der Waals surface area contributed by atoms with Crippen LogP contribution in [0.15, 0.2) is 60.3 Å². The highest BCUT2D eigenvalue weighted by molar-refractivity contribution is 14.1. The van der Waals surface area contributed by atoms with Crippen LogP contribution in [0.1, 0.15) is 10.4 Å². The van der Waals surface area contributed by atoms with Gasteiger partial charge in [0.2, 0.25) is 0 Å². The SMILES string of the molecule is COC(=O)c1ccccc1NC(=O)/C(C#N)=C\Nc1ccc(I)cc1. The second-order valence-electron chi connectivity index (χ2n) is 4.81. The molecule has 0 saturated carbocycles. The van der Waals surface area contributed by atoms with E-state index in [1.165, 1.54) is 19.4 Å². The second-order valence-corrected chi connectivity index (χ2v) is 6.06. The Labute approximate surface area is 158 Å². The highest BCUT2D eigenvalue weighted by Crippen LogP contribution is 2.17. The number of amides is 1. The van der Waals surface area contributed by atoms with Gasteiger partial charge in [0.1, 0.15) is 11.6 Å². The van der Waals surface area contributed by atoms with Crippen molar-refractivity contribution < 1.29 is 14.3 Å². The molecule has 0 fully saturated rings. The lowest BCUT2D eigenvalue weighted by molar-refractivity contribution is -0.112. The molecule has 0 aliphatic heterocycles. The van der Waals surface area contributed by atoms with E-state index in [-0.39, 0.29) is 16.8 Å².